The molecule has 0 aromatic heterocycles. The minimum atomic E-state index is -0.201. The molecule has 10 atom stereocenters. The lowest BCUT2D eigenvalue weighted by atomic mass is 9.56. The van der Waals surface area contributed by atoms with Crippen LogP contribution in [-0.2, 0) is 4.74 Å². The molecule has 6 aliphatic rings. The van der Waals surface area contributed by atoms with Gasteiger partial charge in [-0.15, -0.1) is 0 Å². The van der Waals surface area contributed by atoms with Crippen LogP contribution in [0.3, 0.4) is 0 Å². The largest absolute Gasteiger partial charge is 0.389 e. The number of fused-ring (bicyclic) bond motifs is 6. The molecule has 2 saturated heterocycles. The molecule has 3 nitrogen and oxygen atoms in total. The van der Waals surface area contributed by atoms with E-state index in [0.717, 1.165) is 43.1 Å². The Balaban J connectivity index is 1.29. The molecule has 0 radical (unpaired) electrons. The number of piperidine rings is 1. The minimum absolute atomic E-state index is 0.0574. The average molecular weight is 426 g/mol. The summed E-state index contributed by atoms with van der Waals surface area (Å²) in [5.41, 5.74) is 5.44. The van der Waals surface area contributed by atoms with Crippen LogP contribution < -0.4 is 5.32 Å². The van der Waals surface area contributed by atoms with Crippen LogP contribution in [0.15, 0.2) is 22.8 Å². The molecule has 1 spiro atoms. The first-order valence-electron chi connectivity index (χ1n) is 13.3. The molecular formula is C28H43NO2. The highest BCUT2D eigenvalue weighted by Gasteiger charge is 2.58. The van der Waals surface area contributed by atoms with Crippen molar-refractivity contribution >= 4 is 0 Å². The molecule has 4 aliphatic carbocycles. The molecule has 2 N–H and O–H groups in total. The van der Waals surface area contributed by atoms with E-state index in [9.17, 15) is 5.11 Å². The van der Waals surface area contributed by atoms with Crippen LogP contribution in [0.1, 0.15) is 85.5 Å². The predicted molar refractivity (Wildman–Crippen MR) is 125 cm³/mol. The van der Waals surface area contributed by atoms with Gasteiger partial charge in [-0.3, -0.25) is 0 Å². The second-order valence-corrected chi connectivity index (χ2v) is 12.6. The Morgan fingerprint density at radius 2 is 2.00 bits per heavy atom. The molecule has 0 bridgehead atoms. The molecule has 3 heteroatoms. The molecular weight excluding hydrogens is 382 g/mol. The second kappa shape index (κ2) is 7.18. The first-order valence-corrected chi connectivity index (χ1v) is 13.3. The fourth-order valence-corrected chi connectivity index (χ4v) is 9.28. The van der Waals surface area contributed by atoms with E-state index in [2.05, 4.69) is 39.1 Å². The number of ether oxygens (including phenoxy) is 1. The molecule has 172 valence electrons. The van der Waals surface area contributed by atoms with E-state index in [4.69, 9.17) is 4.74 Å². The second-order valence-electron chi connectivity index (χ2n) is 12.6. The maximum atomic E-state index is 10.2. The topological polar surface area (TPSA) is 41.5 Å². The van der Waals surface area contributed by atoms with Crippen LogP contribution >= 0.6 is 0 Å². The Bertz CT molecular complexity index is 816. The minimum Gasteiger partial charge on any atom is -0.389 e. The van der Waals surface area contributed by atoms with Gasteiger partial charge in [0.05, 0.1) is 17.8 Å². The van der Waals surface area contributed by atoms with Gasteiger partial charge in [0.2, 0.25) is 0 Å². The molecule has 2 saturated carbocycles. The monoisotopic (exact) mass is 425 g/mol. The molecule has 2 aliphatic heterocycles. The van der Waals surface area contributed by atoms with E-state index in [1.165, 1.54) is 44.9 Å². The van der Waals surface area contributed by atoms with Gasteiger partial charge in [0.15, 0.2) is 0 Å². The summed E-state index contributed by atoms with van der Waals surface area (Å²) in [5.74, 6) is 3.74. The fourth-order valence-electron chi connectivity index (χ4n) is 9.28. The molecule has 2 heterocycles. The Labute approximate surface area is 189 Å². The average Bonchev–Trinajstić information content (AvgIpc) is 3.19. The lowest BCUT2D eigenvalue weighted by Crippen LogP contribution is -2.48. The van der Waals surface area contributed by atoms with Crippen LogP contribution in [0.5, 0.6) is 0 Å². The highest BCUT2D eigenvalue weighted by molar-refractivity contribution is 5.33. The van der Waals surface area contributed by atoms with Gasteiger partial charge >= 0.3 is 0 Å². The fraction of sp³-hybridized carbons (Fsp3) is 0.857. The van der Waals surface area contributed by atoms with Gasteiger partial charge in [-0.25, -0.2) is 0 Å². The van der Waals surface area contributed by atoms with E-state index in [1.807, 2.05) is 5.57 Å². The van der Waals surface area contributed by atoms with Crippen molar-refractivity contribution in [1.29, 1.82) is 0 Å². The molecule has 0 amide bonds. The van der Waals surface area contributed by atoms with Crippen molar-refractivity contribution in [3.05, 3.63) is 22.8 Å². The maximum Gasteiger partial charge on any atom is 0.0765 e. The third-order valence-corrected chi connectivity index (χ3v) is 11.1. The number of allylic oxidation sites excluding steroid dienone is 2. The quantitative estimate of drug-likeness (QED) is 0.511. The predicted octanol–water partition coefficient (Wildman–Crippen LogP) is 5.39. The van der Waals surface area contributed by atoms with E-state index in [-0.39, 0.29) is 11.7 Å². The van der Waals surface area contributed by atoms with Crippen LogP contribution in [0, 0.1) is 35.0 Å². The Morgan fingerprint density at radius 1 is 1.16 bits per heavy atom. The first-order chi connectivity index (χ1) is 14.8. The highest BCUT2D eigenvalue weighted by Crippen LogP contribution is 2.64. The smallest absolute Gasteiger partial charge is 0.0765 e. The Kier molecular flexibility index (Phi) is 4.85. The lowest BCUT2D eigenvalue weighted by molar-refractivity contribution is -0.0721. The lowest BCUT2D eigenvalue weighted by Gasteiger charge is -2.49. The number of nitrogens with one attached hydrogen (secondary N) is 1. The number of aliphatic hydroxyl groups is 1. The standard InChI is InChI=1S/C28H43NO2/c1-16-11-25-26(29-15-16)18(3)28(31-25)10-8-21-22-6-5-19-12-20(30)7-9-27(19,4)24(22)13-23(21)17(2)14-28/h12,16,18,20-22,24-26,29-30H,5-11,13-15H2,1-4H3/t16-,18+,20-,21-,22-,24-,25+,26-,27?,28-/m0/s1. The van der Waals surface area contributed by atoms with E-state index >= 15 is 0 Å². The molecule has 0 aromatic carbocycles. The number of hydrogen-bond acceptors (Lipinski definition) is 3. The summed E-state index contributed by atoms with van der Waals surface area (Å²) in [4.78, 5) is 0. The van der Waals surface area contributed by atoms with Gasteiger partial charge < -0.3 is 15.2 Å². The summed E-state index contributed by atoms with van der Waals surface area (Å²) in [6.07, 6.45) is 13.4. The van der Waals surface area contributed by atoms with E-state index in [0.29, 0.717) is 23.5 Å². The van der Waals surface area contributed by atoms with Crippen molar-refractivity contribution in [1.82, 2.24) is 5.32 Å². The Morgan fingerprint density at radius 3 is 2.84 bits per heavy atom. The summed E-state index contributed by atoms with van der Waals surface area (Å²) in [6.45, 7) is 11.0. The van der Waals surface area contributed by atoms with Crippen molar-refractivity contribution in [3.8, 4) is 0 Å². The van der Waals surface area contributed by atoms with Gasteiger partial charge in [-0.1, -0.05) is 43.6 Å². The van der Waals surface area contributed by atoms with Crippen molar-refractivity contribution < 1.29 is 9.84 Å². The van der Waals surface area contributed by atoms with Crippen molar-refractivity contribution in [2.24, 2.45) is 35.0 Å². The molecule has 4 fully saturated rings. The number of hydrogen-bond donors (Lipinski definition) is 2. The van der Waals surface area contributed by atoms with Gasteiger partial charge in [0.25, 0.3) is 0 Å². The molecule has 1 unspecified atom stereocenters. The maximum absolute atomic E-state index is 10.2. The molecule has 6 rings (SSSR count). The summed E-state index contributed by atoms with van der Waals surface area (Å²) in [6, 6.07) is 0.551. The summed E-state index contributed by atoms with van der Waals surface area (Å²) in [7, 11) is 0. The van der Waals surface area contributed by atoms with E-state index in [1.54, 1.807) is 11.1 Å². The number of rotatable bonds is 0. The van der Waals surface area contributed by atoms with Crippen LogP contribution in [-0.4, -0.2) is 35.5 Å². The van der Waals surface area contributed by atoms with Crippen molar-refractivity contribution in [2.45, 2.75) is 109 Å². The van der Waals surface area contributed by atoms with Gasteiger partial charge in [-0.05, 0) is 100 Å². The van der Waals surface area contributed by atoms with Crippen molar-refractivity contribution in [2.75, 3.05) is 6.54 Å². The third kappa shape index (κ3) is 3.02. The zero-order valence-corrected chi connectivity index (χ0v) is 20.1. The van der Waals surface area contributed by atoms with Crippen LogP contribution in [0.2, 0.25) is 0 Å². The first kappa shape index (κ1) is 20.9. The zero-order valence-electron chi connectivity index (χ0n) is 20.1. The van der Waals surface area contributed by atoms with E-state index < -0.39 is 0 Å². The molecule has 0 aromatic rings. The number of aliphatic hydroxyl groups excluding tert-OH is 1. The molecule has 31 heavy (non-hydrogen) atoms. The van der Waals surface area contributed by atoms with Crippen LogP contribution in [0.25, 0.3) is 0 Å². The third-order valence-electron chi connectivity index (χ3n) is 11.1. The summed E-state index contributed by atoms with van der Waals surface area (Å²) >= 11 is 0. The SMILES string of the molecule is CC1=C2C[C@H]3[C@@H](CCC4=C[C@@H](O)CCC43C)[C@@H]2CC[C@@]2(C1)O[C@@H]1C[C@H](C)CN[C@H]1[C@H]2C. The van der Waals surface area contributed by atoms with Gasteiger partial charge in [0, 0.05) is 12.0 Å². The normalized spacial score (nSPS) is 54.0. The van der Waals surface area contributed by atoms with Gasteiger partial charge in [0.1, 0.15) is 0 Å². The Hall–Kier alpha value is -0.640. The highest BCUT2D eigenvalue weighted by atomic mass is 16.5. The summed E-state index contributed by atoms with van der Waals surface area (Å²) in [5, 5.41) is 14.1. The van der Waals surface area contributed by atoms with Gasteiger partial charge in [-0.2, -0.15) is 0 Å². The zero-order chi connectivity index (χ0) is 21.5. The van der Waals surface area contributed by atoms with Crippen LogP contribution in [0.4, 0.5) is 0 Å². The summed E-state index contributed by atoms with van der Waals surface area (Å²) < 4.78 is 7.01. The van der Waals surface area contributed by atoms with Crippen molar-refractivity contribution in [3.63, 3.8) is 0 Å².